The average Bonchev–Trinajstić information content (AvgIpc) is 2.27. The lowest BCUT2D eigenvalue weighted by molar-refractivity contribution is 1.05. The molecule has 0 spiro atoms. The SMILES string of the molecule is C=CCc1ccc(S)c(CC=C)c1CC=C. The number of hydrogen-bond donors (Lipinski definition) is 1. The molecule has 0 radical (unpaired) electrons. The van der Waals surface area contributed by atoms with Gasteiger partial charge in [-0.1, -0.05) is 24.3 Å². The Balaban J connectivity index is 3.28. The van der Waals surface area contributed by atoms with Crippen molar-refractivity contribution in [2.75, 3.05) is 0 Å². The Bertz CT molecular complexity index is 402. The minimum atomic E-state index is 0.854. The molecule has 0 nitrogen and oxygen atoms in total. The van der Waals surface area contributed by atoms with Crippen molar-refractivity contribution in [1.29, 1.82) is 0 Å². The first-order chi connectivity index (χ1) is 7.74. The van der Waals surface area contributed by atoms with E-state index in [0.717, 1.165) is 24.2 Å². The highest BCUT2D eigenvalue weighted by atomic mass is 32.1. The third kappa shape index (κ3) is 2.89. The van der Waals surface area contributed by atoms with Gasteiger partial charge in [0.15, 0.2) is 0 Å². The van der Waals surface area contributed by atoms with Gasteiger partial charge in [-0.2, -0.15) is 0 Å². The standard InChI is InChI=1S/C15H18S/c1-4-7-12-10-11-15(16)14(9-6-3)13(12)8-5-2/h4-6,10-11,16H,1-3,7-9H2. The molecule has 0 aromatic heterocycles. The monoisotopic (exact) mass is 230 g/mol. The van der Waals surface area contributed by atoms with Crippen molar-refractivity contribution in [2.24, 2.45) is 0 Å². The molecule has 0 atom stereocenters. The number of rotatable bonds is 6. The topological polar surface area (TPSA) is 0 Å². The van der Waals surface area contributed by atoms with E-state index in [2.05, 4.69) is 38.4 Å². The van der Waals surface area contributed by atoms with E-state index in [1.807, 2.05) is 24.3 Å². The Morgan fingerprint density at radius 2 is 1.44 bits per heavy atom. The van der Waals surface area contributed by atoms with Gasteiger partial charge in [0.05, 0.1) is 0 Å². The van der Waals surface area contributed by atoms with E-state index < -0.39 is 0 Å². The highest BCUT2D eigenvalue weighted by Crippen LogP contribution is 2.24. The van der Waals surface area contributed by atoms with E-state index in [4.69, 9.17) is 0 Å². The van der Waals surface area contributed by atoms with Gasteiger partial charge in [-0.25, -0.2) is 0 Å². The second kappa shape index (κ2) is 6.39. The second-order valence-electron chi connectivity index (χ2n) is 3.68. The number of benzene rings is 1. The Morgan fingerprint density at radius 3 is 2.00 bits per heavy atom. The summed E-state index contributed by atoms with van der Waals surface area (Å²) in [6.07, 6.45) is 8.40. The van der Waals surface area contributed by atoms with Gasteiger partial charge in [-0.15, -0.1) is 32.4 Å². The summed E-state index contributed by atoms with van der Waals surface area (Å²) in [5, 5.41) is 0. The zero-order valence-corrected chi connectivity index (χ0v) is 10.5. The molecule has 0 fully saturated rings. The highest BCUT2D eigenvalue weighted by molar-refractivity contribution is 7.80. The van der Waals surface area contributed by atoms with Crippen LogP contribution >= 0.6 is 12.6 Å². The van der Waals surface area contributed by atoms with Crippen LogP contribution in [0.15, 0.2) is 55.0 Å². The lowest BCUT2D eigenvalue weighted by Gasteiger charge is -2.14. The fourth-order valence-electron chi connectivity index (χ4n) is 1.85. The van der Waals surface area contributed by atoms with Crippen LogP contribution in [0, 0.1) is 0 Å². The summed E-state index contributed by atoms with van der Waals surface area (Å²) in [4.78, 5) is 1.03. The van der Waals surface area contributed by atoms with Gasteiger partial charge in [0.2, 0.25) is 0 Å². The number of thiol groups is 1. The van der Waals surface area contributed by atoms with E-state index in [-0.39, 0.29) is 0 Å². The first-order valence-corrected chi connectivity index (χ1v) is 5.84. The third-order valence-electron chi connectivity index (χ3n) is 2.56. The fraction of sp³-hybridized carbons (Fsp3) is 0.200. The summed E-state index contributed by atoms with van der Waals surface area (Å²) >= 11 is 4.50. The molecule has 0 N–H and O–H groups in total. The molecule has 0 saturated carbocycles. The first-order valence-electron chi connectivity index (χ1n) is 5.39. The molecule has 0 aliphatic rings. The van der Waals surface area contributed by atoms with E-state index in [9.17, 15) is 0 Å². The van der Waals surface area contributed by atoms with E-state index >= 15 is 0 Å². The normalized spacial score (nSPS) is 9.81. The van der Waals surface area contributed by atoms with Crippen LogP contribution < -0.4 is 0 Å². The molecule has 0 aliphatic heterocycles. The maximum atomic E-state index is 4.50. The Kier molecular flexibility index (Phi) is 5.13. The highest BCUT2D eigenvalue weighted by Gasteiger charge is 2.08. The van der Waals surface area contributed by atoms with Crippen LogP contribution in [0.4, 0.5) is 0 Å². The van der Waals surface area contributed by atoms with Crippen LogP contribution in [-0.4, -0.2) is 0 Å². The summed E-state index contributed by atoms with van der Waals surface area (Å²) in [6, 6.07) is 4.17. The van der Waals surface area contributed by atoms with E-state index in [1.165, 1.54) is 16.7 Å². The number of hydrogen-bond acceptors (Lipinski definition) is 1. The minimum Gasteiger partial charge on any atom is -0.143 e. The molecule has 1 aromatic rings. The summed E-state index contributed by atoms with van der Waals surface area (Å²) in [7, 11) is 0. The molecule has 0 amide bonds. The van der Waals surface area contributed by atoms with Crippen molar-refractivity contribution in [3.63, 3.8) is 0 Å². The molecule has 0 aliphatic carbocycles. The molecule has 0 unspecified atom stereocenters. The van der Waals surface area contributed by atoms with Crippen molar-refractivity contribution in [3.8, 4) is 0 Å². The molecule has 1 heteroatoms. The molecule has 0 bridgehead atoms. The second-order valence-corrected chi connectivity index (χ2v) is 4.16. The lowest BCUT2D eigenvalue weighted by atomic mass is 9.94. The van der Waals surface area contributed by atoms with Crippen molar-refractivity contribution < 1.29 is 0 Å². The molecule has 84 valence electrons. The van der Waals surface area contributed by atoms with Crippen LogP contribution in [0.1, 0.15) is 16.7 Å². The Labute approximate surface area is 104 Å². The van der Waals surface area contributed by atoms with Crippen LogP contribution in [0.5, 0.6) is 0 Å². The quantitative estimate of drug-likeness (QED) is 0.550. The third-order valence-corrected chi connectivity index (χ3v) is 2.98. The molecular formula is C15H18S. The van der Waals surface area contributed by atoms with E-state index in [0.29, 0.717) is 0 Å². The molecule has 16 heavy (non-hydrogen) atoms. The predicted octanol–water partition coefficient (Wildman–Crippen LogP) is 4.16. The van der Waals surface area contributed by atoms with Gasteiger partial charge in [-0.05, 0) is 42.0 Å². The molecule has 1 aromatic carbocycles. The predicted molar refractivity (Wildman–Crippen MR) is 75.4 cm³/mol. The average molecular weight is 230 g/mol. The van der Waals surface area contributed by atoms with Crippen LogP contribution in [0.2, 0.25) is 0 Å². The van der Waals surface area contributed by atoms with Crippen molar-refractivity contribution in [3.05, 3.63) is 66.8 Å². The van der Waals surface area contributed by atoms with Gasteiger partial charge in [0.25, 0.3) is 0 Å². The maximum Gasteiger partial charge on any atom is 0.00782 e. The molecule has 0 saturated heterocycles. The summed E-state index contributed by atoms with van der Waals surface area (Å²) in [5.74, 6) is 0. The first kappa shape index (κ1) is 12.9. The van der Waals surface area contributed by atoms with Crippen LogP contribution in [-0.2, 0) is 19.3 Å². The summed E-state index contributed by atoms with van der Waals surface area (Å²) in [6.45, 7) is 11.4. The lowest BCUT2D eigenvalue weighted by Crippen LogP contribution is -1.99. The van der Waals surface area contributed by atoms with Gasteiger partial charge < -0.3 is 0 Å². The van der Waals surface area contributed by atoms with Crippen molar-refractivity contribution >= 4 is 12.6 Å². The van der Waals surface area contributed by atoms with Crippen molar-refractivity contribution in [1.82, 2.24) is 0 Å². The molecule has 0 heterocycles. The zero-order valence-electron chi connectivity index (χ0n) is 9.58. The van der Waals surface area contributed by atoms with Crippen molar-refractivity contribution in [2.45, 2.75) is 24.2 Å². The van der Waals surface area contributed by atoms with Crippen LogP contribution in [0.25, 0.3) is 0 Å². The van der Waals surface area contributed by atoms with Crippen LogP contribution in [0.3, 0.4) is 0 Å². The van der Waals surface area contributed by atoms with Gasteiger partial charge >= 0.3 is 0 Å². The fourth-order valence-corrected chi connectivity index (χ4v) is 2.15. The van der Waals surface area contributed by atoms with Gasteiger partial charge in [0.1, 0.15) is 0 Å². The van der Waals surface area contributed by atoms with E-state index in [1.54, 1.807) is 0 Å². The Morgan fingerprint density at radius 1 is 0.875 bits per heavy atom. The summed E-state index contributed by atoms with van der Waals surface area (Å²) < 4.78 is 0. The zero-order chi connectivity index (χ0) is 12.0. The largest absolute Gasteiger partial charge is 0.143 e. The maximum absolute atomic E-state index is 4.50. The molecular weight excluding hydrogens is 212 g/mol. The number of allylic oxidation sites excluding steroid dienone is 3. The minimum absolute atomic E-state index is 0.854. The van der Waals surface area contributed by atoms with Gasteiger partial charge in [-0.3, -0.25) is 0 Å². The van der Waals surface area contributed by atoms with Gasteiger partial charge in [0, 0.05) is 4.90 Å². The Hall–Kier alpha value is -1.21. The molecule has 1 rings (SSSR count). The smallest absolute Gasteiger partial charge is 0.00782 e. The summed E-state index contributed by atoms with van der Waals surface area (Å²) in [5.41, 5.74) is 3.89.